The van der Waals surface area contributed by atoms with Crippen molar-refractivity contribution in [2.45, 2.75) is 18.9 Å². The summed E-state index contributed by atoms with van der Waals surface area (Å²) in [4.78, 5) is 15.7. The van der Waals surface area contributed by atoms with Crippen LogP contribution in [0.15, 0.2) is 18.3 Å². The van der Waals surface area contributed by atoms with Crippen molar-refractivity contribution in [3.63, 3.8) is 0 Å². The highest BCUT2D eigenvalue weighted by molar-refractivity contribution is 5.93. The van der Waals surface area contributed by atoms with Gasteiger partial charge in [0.15, 0.2) is 0 Å². The normalized spacial score (nSPS) is 11.2. The summed E-state index contributed by atoms with van der Waals surface area (Å²) < 4.78 is 0. The molecule has 0 radical (unpaired) electrons. The molecule has 0 atom stereocenters. The number of rotatable bonds is 5. The van der Waals surface area contributed by atoms with Crippen molar-refractivity contribution in [2.24, 2.45) is 0 Å². The first-order chi connectivity index (χ1) is 8.06. The second kappa shape index (κ2) is 5.60. The number of nitrogens with two attached hydrogens (primary N) is 1. The summed E-state index contributed by atoms with van der Waals surface area (Å²) in [6, 6.07) is 3.05. The number of anilines is 1. The maximum Gasteiger partial charge on any atom is 0.270 e. The third kappa shape index (κ3) is 3.15. The number of aliphatic hydroxyl groups excluding tert-OH is 2. The van der Waals surface area contributed by atoms with Crippen LogP contribution in [0.3, 0.4) is 0 Å². The predicted molar refractivity (Wildman–Crippen MR) is 63.3 cm³/mol. The Balaban J connectivity index is 2.81. The quantitative estimate of drug-likeness (QED) is 0.555. The molecule has 0 aliphatic rings. The topological polar surface area (TPSA) is 108 Å². The molecule has 1 aromatic rings. The lowest BCUT2D eigenvalue weighted by atomic mass is 9.98. The van der Waals surface area contributed by atoms with Gasteiger partial charge >= 0.3 is 0 Å². The van der Waals surface area contributed by atoms with E-state index in [1.54, 1.807) is 13.0 Å². The molecule has 0 aliphatic heterocycles. The maximum absolute atomic E-state index is 11.8. The third-order valence-electron chi connectivity index (χ3n) is 2.68. The first kappa shape index (κ1) is 13.4. The van der Waals surface area contributed by atoms with Crippen LogP contribution in [0.5, 0.6) is 0 Å². The van der Waals surface area contributed by atoms with E-state index < -0.39 is 11.4 Å². The van der Waals surface area contributed by atoms with Crippen LogP contribution >= 0.6 is 0 Å². The van der Waals surface area contributed by atoms with Crippen LogP contribution in [0.2, 0.25) is 0 Å². The number of hydrogen-bond donors (Lipinski definition) is 4. The molecular formula is C11H17N3O3. The summed E-state index contributed by atoms with van der Waals surface area (Å²) in [5.41, 5.74) is 5.10. The third-order valence-corrected chi connectivity index (χ3v) is 2.68. The zero-order valence-electron chi connectivity index (χ0n) is 9.68. The van der Waals surface area contributed by atoms with Gasteiger partial charge in [-0.05, 0) is 18.6 Å². The summed E-state index contributed by atoms with van der Waals surface area (Å²) in [6.07, 6.45) is 1.79. The molecule has 17 heavy (non-hydrogen) atoms. The summed E-state index contributed by atoms with van der Waals surface area (Å²) in [6.45, 7) is 1.10. The molecule has 0 spiro atoms. The van der Waals surface area contributed by atoms with Gasteiger partial charge in [0.25, 0.3) is 5.91 Å². The number of aromatic nitrogens is 1. The van der Waals surface area contributed by atoms with Gasteiger partial charge in [0, 0.05) is 0 Å². The molecule has 1 aromatic heterocycles. The number of aliphatic hydroxyl groups is 2. The minimum atomic E-state index is -1.01. The molecule has 5 N–H and O–H groups in total. The van der Waals surface area contributed by atoms with Gasteiger partial charge in [-0.2, -0.15) is 0 Å². The predicted octanol–water partition coefficient (Wildman–Crippen LogP) is -0.473. The van der Waals surface area contributed by atoms with Gasteiger partial charge in [0.05, 0.1) is 30.6 Å². The van der Waals surface area contributed by atoms with Gasteiger partial charge in [0.2, 0.25) is 0 Å². The first-order valence-corrected chi connectivity index (χ1v) is 5.32. The van der Waals surface area contributed by atoms with Crippen molar-refractivity contribution in [3.05, 3.63) is 24.0 Å². The van der Waals surface area contributed by atoms with E-state index in [4.69, 9.17) is 5.73 Å². The van der Waals surface area contributed by atoms with Crippen LogP contribution in [0.4, 0.5) is 5.69 Å². The standard InChI is InChI=1S/C11H17N3O3/c1-2-11(6-15,7-16)14-10(17)9-4-3-8(12)5-13-9/h3-5,15-16H,2,6-7,12H2,1H3,(H,14,17). The van der Waals surface area contributed by atoms with Gasteiger partial charge in [0.1, 0.15) is 5.69 Å². The van der Waals surface area contributed by atoms with Crippen molar-refractivity contribution in [3.8, 4) is 0 Å². The highest BCUT2D eigenvalue weighted by atomic mass is 16.3. The Hall–Kier alpha value is -1.66. The molecule has 0 aliphatic carbocycles. The van der Waals surface area contributed by atoms with Gasteiger partial charge in [-0.1, -0.05) is 6.92 Å². The summed E-state index contributed by atoms with van der Waals surface area (Å²) in [5.74, 6) is -0.449. The number of carbonyl (C=O) groups is 1. The van der Waals surface area contributed by atoms with E-state index in [1.807, 2.05) is 0 Å². The van der Waals surface area contributed by atoms with E-state index in [0.717, 1.165) is 0 Å². The average Bonchev–Trinajstić information content (AvgIpc) is 2.37. The minimum absolute atomic E-state index is 0.193. The fourth-order valence-electron chi connectivity index (χ4n) is 1.29. The Morgan fingerprint density at radius 1 is 1.47 bits per heavy atom. The average molecular weight is 239 g/mol. The van der Waals surface area contributed by atoms with Crippen LogP contribution in [-0.2, 0) is 0 Å². The summed E-state index contributed by atoms with van der Waals surface area (Å²) in [5, 5.41) is 21.0. The van der Waals surface area contributed by atoms with Crippen LogP contribution < -0.4 is 11.1 Å². The fourth-order valence-corrected chi connectivity index (χ4v) is 1.29. The molecular weight excluding hydrogens is 222 g/mol. The van der Waals surface area contributed by atoms with Crippen LogP contribution in [0.1, 0.15) is 23.8 Å². The second-order valence-electron chi connectivity index (χ2n) is 3.88. The van der Waals surface area contributed by atoms with E-state index in [9.17, 15) is 15.0 Å². The Kier molecular flexibility index (Phi) is 4.42. The lowest BCUT2D eigenvalue weighted by Gasteiger charge is -2.29. The molecule has 6 heteroatoms. The van der Waals surface area contributed by atoms with Crippen LogP contribution in [-0.4, -0.2) is 39.9 Å². The number of carbonyl (C=O) groups excluding carboxylic acids is 1. The van der Waals surface area contributed by atoms with Gasteiger partial charge in [-0.15, -0.1) is 0 Å². The molecule has 0 aromatic carbocycles. The number of amides is 1. The molecule has 0 saturated carbocycles. The van der Waals surface area contributed by atoms with Crippen molar-refractivity contribution < 1.29 is 15.0 Å². The highest BCUT2D eigenvalue weighted by Crippen LogP contribution is 2.10. The van der Waals surface area contributed by atoms with Crippen molar-refractivity contribution in [1.82, 2.24) is 10.3 Å². The Morgan fingerprint density at radius 3 is 2.53 bits per heavy atom. The Labute approximate surface area is 99.5 Å². The zero-order chi connectivity index (χ0) is 12.9. The Morgan fingerprint density at radius 2 is 2.12 bits per heavy atom. The smallest absolute Gasteiger partial charge is 0.270 e. The van der Waals surface area contributed by atoms with Gasteiger partial charge in [-0.25, -0.2) is 4.98 Å². The van der Waals surface area contributed by atoms with Gasteiger partial charge < -0.3 is 21.3 Å². The zero-order valence-corrected chi connectivity index (χ0v) is 9.68. The maximum atomic E-state index is 11.8. The first-order valence-electron chi connectivity index (χ1n) is 5.32. The summed E-state index contributed by atoms with van der Waals surface area (Å²) >= 11 is 0. The number of nitrogens with zero attached hydrogens (tertiary/aromatic N) is 1. The number of hydrogen-bond acceptors (Lipinski definition) is 5. The number of nitrogens with one attached hydrogen (secondary N) is 1. The molecule has 0 saturated heterocycles. The van der Waals surface area contributed by atoms with E-state index in [2.05, 4.69) is 10.3 Å². The largest absolute Gasteiger partial charge is 0.397 e. The SMILES string of the molecule is CCC(CO)(CO)NC(=O)c1ccc(N)cn1. The molecule has 1 rings (SSSR count). The van der Waals surface area contributed by atoms with E-state index >= 15 is 0 Å². The van der Waals surface area contributed by atoms with Crippen LogP contribution in [0, 0.1) is 0 Å². The van der Waals surface area contributed by atoms with Crippen molar-refractivity contribution >= 4 is 11.6 Å². The van der Waals surface area contributed by atoms with Crippen LogP contribution in [0.25, 0.3) is 0 Å². The highest BCUT2D eigenvalue weighted by Gasteiger charge is 2.29. The molecule has 0 fully saturated rings. The lowest BCUT2D eigenvalue weighted by Crippen LogP contribution is -2.53. The lowest BCUT2D eigenvalue weighted by molar-refractivity contribution is 0.0649. The van der Waals surface area contributed by atoms with Crippen molar-refractivity contribution in [2.75, 3.05) is 18.9 Å². The Bertz CT molecular complexity index is 366. The molecule has 0 bridgehead atoms. The fraction of sp³-hybridized carbons (Fsp3) is 0.455. The molecule has 1 amide bonds. The van der Waals surface area contributed by atoms with E-state index in [0.29, 0.717) is 12.1 Å². The number of nitrogen functional groups attached to an aromatic ring is 1. The van der Waals surface area contributed by atoms with E-state index in [-0.39, 0.29) is 18.9 Å². The van der Waals surface area contributed by atoms with Crippen molar-refractivity contribution in [1.29, 1.82) is 0 Å². The molecule has 1 heterocycles. The summed E-state index contributed by atoms with van der Waals surface area (Å²) in [7, 11) is 0. The molecule has 6 nitrogen and oxygen atoms in total. The molecule has 0 unspecified atom stereocenters. The molecule has 94 valence electrons. The minimum Gasteiger partial charge on any atom is -0.397 e. The van der Waals surface area contributed by atoms with E-state index in [1.165, 1.54) is 12.3 Å². The van der Waals surface area contributed by atoms with Gasteiger partial charge in [-0.3, -0.25) is 4.79 Å². The second-order valence-corrected chi connectivity index (χ2v) is 3.88. The number of pyridine rings is 1. The monoisotopic (exact) mass is 239 g/mol.